The van der Waals surface area contributed by atoms with E-state index in [-0.39, 0.29) is 29.3 Å². The summed E-state index contributed by atoms with van der Waals surface area (Å²) in [6.07, 6.45) is 1.31. The minimum atomic E-state index is -3.75. The smallest absolute Gasteiger partial charge is 0.246 e. The van der Waals surface area contributed by atoms with E-state index in [0.717, 1.165) is 11.1 Å². The van der Waals surface area contributed by atoms with Gasteiger partial charge in [0.1, 0.15) is 10.6 Å². The molecule has 29 heavy (non-hydrogen) atoms. The summed E-state index contributed by atoms with van der Waals surface area (Å²) >= 11 is 0. The van der Waals surface area contributed by atoms with Crippen molar-refractivity contribution >= 4 is 15.9 Å². The zero-order valence-electron chi connectivity index (χ0n) is 17.1. The molecule has 7 heteroatoms. The number of aryl methyl sites for hydroxylation is 1. The molecule has 0 bridgehead atoms. The number of methoxy groups -OCH3 is 1. The molecule has 2 aromatic carbocycles. The molecular formula is C22H28N2O4S. The molecule has 0 saturated carbocycles. The second-order valence-corrected chi connectivity index (χ2v) is 9.40. The summed E-state index contributed by atoms with van der Waals surface area (Å²) in [6, 6.07) is 14.7. The highest BCUT2D eigenvalue weighted by Gasteiger charge is 2.35. The van der Waals surface area contributed by atoms with E-state index in [1.807, 2.05) is 50.2 Å². The molecule has 1 aliphatic rings. The van der Waals surface area contributed by atoms with Crippen LogP contribution in [-0.2, 0) is 14.8 Å². The second-order valence-electron chi connectivity index (χ2n) is 7.50. The van der Waals surface area contributed by atoms with Gasteiger partial charge in [-0.15, -0.1) is 0 Å². The van der Waals surface area contributed by atoms with Crippen molar-refractivity contribution in [3.8, 4) is 5.75 Å². The zero-order chi connectivity index (χ0) is 21.0. The van der Waals surface area contributed by atoms with Crippen molar-refractivity contribution in [2.45, 2.75) is 37.6 Å². The Kier molecular flexibility index (Phi) is 6.59. The van der Waals surface area contributed by atoms with Crippen LogP contribution in [0.1, 0.15) is 36.9 Å². The van der Waals surface area contributed by atoms with E-state index < -0.39 is 10.0 Å². The molecule has 1 fully saturated rings. The molecule has 0 spiro atoms. The van der Waals surface area contributed by atoms with Crippen LogP contribution >= 0.6 is 0 Å². The maximum Gasteiger partial charge on any atom is 0.246 e. The van der Waals surface area contributed by atoms with Gasteiger partial charge in [0.25, 0.3) is 0 Å². The normalized spacial score (nSPS) is 18.8. The highest BCUT2D eigenvalue weighted by molar-refractivity contribution is 7.89. The first-order valence-corrected chi connectivity index (χ1v) is 11.3. The van der Waals surface area contributed by atoms with Crippen LogP contribution in [0.15, 0.2) is 53.4 Å². The first-order chi connectivity index (χ1) is 13.8. The number of sulfonamides is 1. The molecule has 1 saturated heterocycles. The number of hydrogen-bond donors (Lipinski definition) is 1. The number of amides is 1. The lowest BCUT2D eigenvalue weighted by Gasteiger charge is -2.32. The molecule has 0 aromatic heterocycles. The lowest BCUT2D eigenvalue weighted by Crippen LogP contribution is -2.45. The average Bonchev–Trinajstić information content (AvgIpc) is 2.74. The van der Waals surface area contributed by atoms with Crippen LogP contribution in [0.4, 0.5) is 0 Å². The van der Waals surface area contributed by atoms with E-state index >= 15 is 0 Å². The SMILES string of the molecule is COc1ccc(C)cc1S(=O)(=O)N1CCCC(C(=O)NC(C)c2ccccc2)C1. The first kappa shape index (κ1) is 21.3. The van der Waals surface area contributed by atoms with E-state index in [0.29, 0.717) is 25.1 Å². The van der Waals surface area contributed by atoms with Gasteiger partial charge in [-0.3, -0.25) is 4.79 Å². The largest absolute Gasteiger partial charge is 0.495 e. The molecule has 6 nitrogen and oxygen atoms in total. The molecule has 156 valence electrons. The number of rotatable bonds is 6. The third-order valence-electron chi connectivity index (χ3n) is 5.35. The average molecular weight is 417 g/mol. The van der Waals surface area contributed by atoms with Crippen LogP contribution in [-0.4, -0.2) is 38.8 Å². The van der Waals surface area contributed by atoms with Crippen LogP contribution in [0.25, 0.3) is 0 Å². The Labute approximate surface area is 172 Å². The van der Waals surface area contributed by atoms with Gasteiger partial charge in [-0.25, -0.2) is 8.42 Å². The van der Waals surface area contributed by atoms with Crippen molar-refractivity contribution in [1.29, 1.82) is 0 Å². The molecule has 1 heterocycles. The fourth-order valence-electron chi connectivity index (χ4n) is 3.66. The Hall–Kier alpha value is -2.38. The van der Waals surface area contributed by atoms with Crippen LogP contribution in [0.3, 0.4) is 0 Å². The van der Waals surface area contributed by atoms with E-state index in [9.17, 15) is 13.2 Å². The highest BCUT2D eigenvalue weighted by atomic mass is 32.2. The van der Waals surface area contributed by atoms with Crippen LogP contribution in [0, 0.1) is 12.8 Å². The number of ether oxygens (including phenoxy) is 1. The molecule has 3 rings (SSSR count). The Morgan fingerprint density at radius 3 is 2.62 bits per heavy atom. The summed E-state index contributed by atoms with van der Waals surface area (Å²) in [5.74, 6) is -0.169. The van der Waals surface area contributed by atoms with Crippen molar-refractivity contribution in [3.63, 3.8) is 0 Å². The highest BCUT2D eigenvalue weighted by Crippen LogP contribution is 2.30. The van der Waals surface area contributed by atoms with Crippen molar-refractivity contribution in [3.05, 3.63) is 59.7 Å². The summed E-state index contributed by atoms with van der Waals surface area (Å²) in [7, 11) is -2.29. The third kappa shape index (κ3) is 4.79. The Morgan fingerprint density at radius 2 is 1.93 bits per heavy atom. The summed E-state index contributed by atoms with van der Waals surface area (Å²) in [4.78, 5) is 13.0. The van der Waals surface area contributed by atoms with Crippen LogP contribution in [0.2, 0.25) is 0 Å². The van der Waals surface area contributed by atoms with Crippen LogP contribution in [0.5, 0.6) is 5.75 Å². The predicted octanol–water partition coefficient (Wildman–Crippen LogP) is 3.28. The number of hydrogen-bond acceptors (Lipinski definition) is 4. The summed E-state index contributed by atoms with van der Waals surface area (Å²) < 4.78 is 33.2. The maximum atomic E-state index is 13.2. The van der Waals surface area contributed by atoms with Gasteiger partial charge < -0.3 is 10.1 Å². The minimum absolute atomic E-state index is 0.113. The number of nitrogens with zero attached hydrogens (tertiary/aromatic N) is 1. The summed E-state index contributed by atoms with van der Waals surface area (Å²) in [5.41, 5.74) is 1.86. The van der Waals surface area contributed by atoms with Gasteiger partial charge >= 0.3 is 0 Å². The van der Waals surface area contributed by atoms with Gasteiger partial charge in [-0.05, 0) is 49.9 Å². The number of nitrogens with one attached hydrogen (secondary N) is 1. The second kappa shape index (κ2) is 8.97. The van der Waals surface area contributed by atoms with Gasteiger partial charge in [0, 0.05) is 13.1 Å². The van der Waals surface area contributed by atoms with E-state index in [2.05, 4.69) is 5.32 Å². The van der Waals surface area contributed by atoms with Crippen molar-refractivity contribution in [2.75, 3.05) is 20.2 Å². The lowest BCUT2D eigenvalue weighted by molar-refractivity contribution is -0.126. The molecule has 0 radical (unpaired) electrons. The Bertz CT molecular complexity index is 960. The van der Waals surface area contributed by atoms with Gasteiger partial charge in [-0.1, -0.05) is 36.4 Å². The zero-order valence-corrected chi connectivity index (χ0v) is 17.9. The van der Waals surface area contributed by atoms with Gasteiger partial charge in [-0.2, -0.15) is 4.31 Å². The lowest BCUT2D eigenvalue weighted by atomic mass is 9.98. The molecule has 1 aliphatic heterocycles. The van der Waals surface area contributed by atoms with Gasteiger partial charge in [0.05, 0.1) is 19.1 Å². The fraction of sp³-hybridized carbons (Fsp3) is 0.409. The Morgan fingerprint density at radius 1 is 1.21 bits per heavy atom. The monoisotopic (exact) mass is 416 g/mol. The summed E-state index contributed by atoms with van der Waals surface area (Å²) in [5, 5.41) is 3.02. The van der Waals surface area contributed by atoms with E-state index in [1.54, 1.807) is 12.1 Å². The van der Waals surface area contributed by atoms with Gasteiger partial charge in [0.15, 0.2) is 0 Å². The Balaban J connectivity index is 1.75. The molecule has 0 aliphatic carbocycles. The third-order valence-corrected chi connectivity index (χ3v) is 7.24. The van der Waals surface area contributed by atoms with Crippen molar-refractivity contribution < 1.29 is 17.9 Å². The number of carbonyl (C=O) groups is 1. The molecule has 2 atom stereocenters. The number of piperidine rings is 1. The minimum Gasteiger partial charge on any atom is -0.495 e. The summed E-state index contributed by atoms with van der Waals surface area (Å²) in [6.45, 7) is 4.35. The number of benzene rings is 2. The first-order valence-electron chi connectivity index (χ1n) is 9.83. The van der Waals surface area contributed by atoms with Crippen molar-refractivity contribution in [1.82, 2.24) is 9.62 Å². The molecule has 1 N–H and O–H groups in total. The topological polar surface area (TPSA) is 75.7 Å². The molecule has 1 amide bonds. The molecule has 2 aromatic rings. The molecule has 2 unspecified atom stereocenters. The fourth-order valence-corrected chi connectivity index (χ4v) is 5.42. The van der Waals surface area contributed by atoms with E-state index in [1.165, 1.54) is 11.4 Å². The predicted molar refractivity (Wildman–Crippen MR) is 112 cm³/mol. The van der Waals surface area contributed by atoms with Crippen molar-refractivity contribution in [2.24, 2.45) is 5.92 Å². The standard InChI is InChI=1S/C22H28N2O4S/c1-16-11-12-20(28-3)21(14-16)29(26,27)24-13-7-10-19(15-24)22(25)23-17(2)18-8-5-4-6-9-18/h4-6,8-9,11-12,14,17,19H,7,10,13,15H2,1-3H3,(H,23,25). The maximum absolute atomic E-state index is 13.2. The van der Waals surface area contributed by atoms with E-state index in [4.69, 9.17) is 4.74 Å². The van der Waals surface area contributed by atoms with Crippen LogP contribution < -0.4 is 10.1 Å². The van der Waals surface area contributed by atoms with Gasteiger partial charge in [0.2, 0.25) is 15.9 Å². The molecular weight excluding hydrogens is 388 g/mol. The number of carbonyl (C=O) groups excluding carboxylic acids is 1. The quantitative estimate of drug-likeness (QED) is 0.784.